The van der Waals surface area contributed by atoms with Gasteiger partial charge in [0.1, 0.15) is 6.04 Å². The zero-order valence-corrected chi connectivity index (χ0v) is 10.9. The van der Waals surface area contributed by atoms with Gasteiger partial charge in [-0.1, -0.05) is 20.8 Å². The molecule has 0 radical (unpaired) electrons. The molecule has 2 aliphatic rings. The van der Waals surface area contributed by atoms with Gasteiger partial charge < -0.3 is 10.2 Å². The summed E-state index contributed by atoms with van der Waals surface area (Å²) in [7, 11) is 0. The van der Waals surface area contributed by atoms with Crippen LogP contribution in [0.4, 0.5) is 0 Å². The van der Waals surface area contributed by atoms with Gasteiger partial charge in [-0.3, -0.25) is 9.59 Å². The van der Waals surface area contributed by atoms with Gasteiger partial charge in [-0.05, 0) is 24.7 Å². The highest BCUT2D eigenvalue weighted by molar-refractivity contribution is 5.89. The molecule has 0 aromatic carbocycles. The van der Waals surface area contributed by atoms with E-state index in [0.717, 1.165) is 25.9 Å². The molecule has 0 aromatic rings. The molecule has 96 valence electrons. The molecule has 2 aliphatic heterocycles. The fraction of sp³-hybridized carbons (Fsp3) is 0.846. The summed E-state index contributed by atoms with van der Waals surface area (Å²) in [6.07, 6.45) is 1.75. The molecule has 2 fully saturated rings. The summed E-state index contributed by atoms with van der Waals surface area (Å²) in [6.45, 7) is 7.71. The average molecular weight is 238 g/mol. The monoisotopic (exact) mass is 238 g/mol. The fourth-order valence-electron chi connectivity index (χ4n) is 3.00. The summed E-state index contributed by atoms with van der Waals surface area (Å²) in [5.41, 5.74) is 0. The molecule has 1 N–H and O–H groups in total. The largest absolute Gasteiger partial charge is 0.354 e. The number of piperidine rings is 2. The van der Waals surface area contributed by atoms with Crippen molar-refractivity contribution in [2.75, 3.05) is 13.1 Å². The maximum absolute atomic E-state index is 12.2. The molecule has 4 unspecified atom stereocenters. The van der Waals surface area contributed by atoms with Crippen LogP contribution in [0.2, 0.25) is 0 Å². The van der Waals surface area contributed by atoms with Crippen LogP contribution in [0.15, 0.2) is 0 Å². The van der Waals surface area contributed by atoms with E-state index in [1.54, 1.807) is 0 Å². The lowest BCUT2D eigenvalue weighted by atomic mass is 9.87. The molecule has 0 aromatic heterocycles. The summed E-state index contributed by atoms with van der Waals surface area (Å²) < 4.78 is 0. The van der Waals surface area contributed by atoms with Crippen LogP contribution in [-0.2, 0) is 9.59 Å². The van der Waals surface area contributed by atoms with Crippen LogP contribution < -0.4 is 5.32 Å². The summed E-state index contributed by atoms with van der Waals surface area (Å²) in [6, 6.07) is -0.239. The standard InChI is InChI=1S/C13H22N2O2/c1-8-5-11(12(16)14-6-8)15-7-9(2)4-10(3)13(15)17/h8-11H,4-7H2,1-3H3,(H,14,16). The molecule has 17 heavy (non-hydrogen) atoms. The van der Waals surface area contributed by atoms with E-state index in [4.69, 9.17) is 0 Å². The van der Waals surface area contributed by atoms with Crippen molar-refractivity contribution in [2.24, 2.45) is 17.8 Å². The highest BCUT2D eigenvalue weighted by Crippen LogP contribution is 2.27. The van der Waals surface area contributed by atoms with Gasteiger partial charge in [0.25, 0.3) is 0 Å². The Labute approximate surface area is 103 Å². The number of likely N-dealkylation sites (tertiary alicyclic amines) is 1. The Hall–Kier alpha value is -1.06. The van der Waals surface area contributed by atoms with Gasteiger partial charge in [0.2, 0.25) is 11.8 Å². The number of carbonyl (C=O) groups is 2. The molecule has 0 saturated carbocycles. The third-order valence-corrected chi connectivity index (χ3v) is 3.90. The number of hydrogen-bond acceptors (Lipinski definition) is 2. The first-order valence-corrected chi connectivity index (χ1v) is 6.57. The number of nitrogens with one attached hydrogen (secondary N) is 1. The summed E-state index contributed by atoms with van der Waals surface area (Å²) in [5, 5.41) is 2.90. The predicted molar refractivity (Wildman–Crippen MR) is 65.2 cm³/mol. The molecule has 0 bridgehead atoms. The van der Waals surface area contributed by atoms with Gasteiger partial charge >= 0.3 is 0 Å². The highest BCUT2D eigenvalue weighted by Gasteiger charge is 2.39. The molecule has 2 heterocycles. The minimum absolute atomic E-state index is 0.0257. The first kappa shape index (κ1) is 12.4. The number of rotatable bonds is 1. The van der Waals surface area contributed by atoms with Crippen molar-refractivity contribution in [1.82, 2.24) is 10.2 Å². The molecule has 2 rings (SSSR count). The van der Waals surface area contributed by atoms with Gasteiger partial charge in [-0.2, -0.15) is 0 Å². The highest BCUT2D eigenvalue weighted by atomic mass is 16.2. The Morgan fingerprint density at radius 3 is 2.53 bits per heavy atom. The third-order valence-electron chi connectivity index (χ3n) is 3.90. The van der Waals surface area contributed by atoms with Crippen LogP contribution in [0.1, 0.15) is 33.6 Å². The van der Waals surface area contributed by atoms with E-state index < -0.39 is 0 Å². The van der Waals surface area contributed by atoms with E-state index in [2.05, 4.69) is 19.2 Å². The third kappa shape index (κ3) is 2.45. The first-order valence-electron chi connectivity index (χ1n) is 6.57. The molecule has 4 heteroatoms. The van der Waals surface area contributed by atoms with Crippen molar-refractivity contribution in [2.45, 2.75) is 39.7 Å². The van der Waals surface area contributed by atoms with Crippen molar-refractivity contribution in [3.05, 3.63) is 0 Å². The van der Waals surface area contributed by atoms with E-state index in [1.807, 2.05) is 11.8 Å². The van der Waals surface area contributed by atoms with Crippen LogP contribution in [0, 0.1) is 17.8 Å². The summed E-state index contributed by atoms with van der Waals surface area (Å²) in [4.78, 5) is 25.9. The number of carbonyl (C=O) groups excluding carboxylic acids is 2. The maximum atomic E-state index is 12.2. The molecule has 2 saturated heterocycles. The van der Waals surface area contributed by atoms with Crippen LogP contribution >= 0.6 is 0 Å². The number of nitrogens with zero attached hydrogens (tertiary/aromatic N) is 1. The van der Waals surface area contributed by atoms with Crippen LogP contribution in [0.25, 0.3) is 0 Å². The minimum Gasteiger partial charge on any atom is -0.354 e. The molecular weight excluding hydrogens is 216 g/mol. The van der Waals surface area contributed by atoms with E-state index >= 15 is 0 Å². The molecular formula is C13H22N2O2. The summed E-state index contributed by atoms with van der Waals surface area (Å²) in [5.74, 6) is 1.18. The van der Waals surface area contributed by atoms with Crippen molar-refractivity contribution in [3.8, 4) is 0 Å². The molecule has 4 atom stereocenters. The second-order valence-corrected chi connectivity index (χ2v) is 5.83. The quantitative estimate of drug-likeness (QED) is 0.741. The van der Waals surface area contributed by atoms with Crippen molar-refractivity contribution in [3.63, 3.8) is 0 Å². The zero-order valence-electron chi connectivity index (χ0n) is 10.9. The molecule has 0 spiro atoms. The Bertz CT molecular complexity index is 329. The van der Waals surface area contributed by atoms with E-state index in [9.17, 15) is 9.59 Å². The van der Waals surface area contributed by atoms with Crippen molar-refractivity contribution >= 4 is 11.8 Å². The Morgan fingerprint density at radius 1 is 1.12 bits per heavy atom. The topological polar surface area (TPSA) is 49.4 Å². The second kappa shape index (κ2) is 4.67. The van der Waals surface area contributed by atoms with Gasteiger partial charge in [0.15, 0.2) is 0 Å². The van der Waals surface area contributed by atoms with Crippen LogP contribution in [-0.4, -0.2) is 35.8 Å². The van der Waals surface area contributed by atoms with Gasteiger partial charge in [0, 0.05) is 19.0 Å². The lowest BCUT2D eigenvalue weighted by Crippen LogP contribution is -2.58. The van der Waals surface area contributed by atoms with E-state index in [-0.39, 0.29) is 23.8 Å². The molecule has 4 nitrogen and oxygen atoms in total. The van der Waals surface area contributed by atoms with Gasteiger partial charge in [-0.15, -0.1) is 0 Å². The smallest absolute Gasteiger partial charge is 0.242 e. The SMILES string of the molecule is CC1CNC(=O)C(N2CC(C)CC(C)C2=O)C1. The second-order valence-electron chi connectivity index (χ2n) is 5.83. The Balaban J connectivity index is 2.13. The zero-order chi connectivity index (χ0) is 12.6. The minimum atomic E-state index is -0.239. The predicted octanol–water partition coefficient (Wildman–Crippen LogP) is 1.02. The van der Waals surface area contributed by atoms with Crippen LogP contribution in [0.5, 0.6) is 0 Å². The number of amides is 2. The Morgan fingerprint density at radius 2 is 1.82 bits per heavy atom. The Kier molecular flexibility index (Phi) is 3.40. The van der Waals surface area contributed by atoms with Gasteiger partial charge in [-0.25, -0.2) is 0 Å². The normalized spacial score (nSPS) is 39.1. The maximum Gasteiger partial charge on any atom is 0.242 e. The van der Waals surface area contributed by atoms with E-state index in [1.165, 1.54) is 0 Å². The summed E-state index contributed by atoms with van der Waals surface area (Å²) >= 11 is 0. The van der Waals surface area contributed by atoms with Gasteiger partial charge in [0.05, 0.1) is 0 Å². The van der Waals surface area contributed by atoms with Crippen molar-refractivity contribution < 1.29 is 9.59 Å². The van der Waals surface area contributed by atoms with Crippen LogP contribution in [0.3, 0.4) is 0 Å². The fourth-order valence-corrected chi connectivity index (χ4v) is 3.00. The van der Waals surface area contributed by atoms with Crippen molar-refractivity contribution in [1.29, 1.82) is 0 Å². The van der Waals surface area contributed by atoms with E-state index in [0.29, 0.717) is 11.8 Å². The molecule has 2 amide bonds. The average Bonchev–Trinajstić information content (AvgIpc) is 2.27. The lowest BCUT2D eigenvalue weighted by molar-refractivity contribution is -0.149. The lowest BCUT2D eigenvalue weighted by Gasteiger charge is -2.41. The molecule has 0 aliphatic carbocycles. The number of hydrogen-bond donors (Lipinski definition) is 1. The first-order chi connectivity index (χ1) is 7.99.